The molecule has 88 valence electrons. The van der Waals surface area contributed by atoms with Crippen molar-refractivity contribution in [3.8, 4) is 0 Å². The lowest BCUT2D eigenvalue weighted by Crippen LogP contribution is -2.04. The van der Waals surface area contributed by atoms with E-state index in [1.807, 2.05) is 0 Å². The predicted molar refractivity (Wildman–Crippen MR) is 58.2 cm³/mol. The number of benzene rings is 1. The maximum Gasteiger partial charge on any atom is 0.416 e. The highest BCUT2D eigenvalue weighted by Crippen LogP contribution is 2.30. The number of alkyl halides is 3. The van der Waals surface area contributed by atoms with Gasteiger partial charge in [0.1, 0.15) is 5.82 Å². The first kappa shape index (κ1) is 11.4. The Hall–Kier alpha value is -2.04. The lowest BCUT2D eigenvalue weighted by molar-refractivity contribution is -0.137. The fraction of sp³-hybridized carbons (Fsp3) is 0.0833. The molecule has 17 heavy (non-hydrogen) atoms. The number of H-pyrrole nitrogens is 1. The number of hydrogen-bond donors (Lipinski definition) is 1. The second-order valence-electron chi connectivity index (χ2n) is 3.49. The van der Waals surface area contributed by atoms with Crippen LogP contribution in [0.25, 0.3) is 5.57 Å². The standard InChI is InChI=1S/C12H9F3N2/c1-8(11-16-6-7-17-11)9-2-4-10(5-3-9)12(13,14)15/h2-7H,1H2,(H,16,17). The van der Waals surface area contributed by atoms with E-state index in [1.54, 1.807) is 12.4 Å². The SMILES string of the molecule is C=C(c1ccc(C(F)(F)F)cc1)c1ncc[nH]1. The summed E-state index contributed by atoms with van der Waals surface area (Å²) in [6.07, 6.45) is -1.13. The van der Waals surface area contributed by atoms with Gasteiger partial charge in [0.15, 0.2) is 0 Å². The zero-order valence-corrected chi connectivity index (χ0v) is 8.75. The van der Waals surface area contributed by atoms with Crippen molar-refractivity contribution in [1.29, 1.82) is 0 Å². The first-order valence-electron chi connectivity index (χ1n) is 4.85. The van der Waals surface area contributed by atoms with Gasteiger partial charge in [-0.25, -0.2) is 4.98 Å². The molecule has 2 aromatic rings. The molecule has 0 atom stereocenters. The number of halogens is 3. The molecular weight excluding hydrogens is 229 g/mol. The molecular formula is C12H9F3N2. The summed E-state index contributed by atoms with van der Waals surface area (Å²) in [7, 11) is 0. The van der Waals surface area contributed by atoms with Crippen molar-refractivity contribution in [2.75, 3.05) is 0 Å². The quantitative estimate of drug-likeness (QED) is 0.852. The van der Waals surface area contributed by atoms with Crippen molar-refractivity contribution in [1.82, 2.24) is 9.97 Å². The summed E-state index contributed by atoms with van der Waals surface area (Å²) >= 11 is 0. The minimum atomic E-state index is -4.31. The highest BCUT2D eigenvalue weighted by atomic mass is 19.4. The van der Waals surface area contributed by atoms with Crippen molar-refractivity contribution in [2.24, 2.45) is 0 Å². The third-order valence-corrected chi connectivity index (χ3v) is 2.34. The molecule has 1 aromatic heterocycles. The summed E-state index contributed by atoms with van der Waals surface area (Å²) < 4.78 is 37.1. The van der Waals surface area contributed by atoms with Crippen LogP contribution in [-0.4, -0.2) is 9.97 Å². The molecule has 0 aliphatic carbocycles. The van der Waals surface area contributed by atoms with Gasteiger partial charge in [0.25, 0.3) is 0 Å². The molecule has 0 aliphatic rings. The normalized spacial score (nSPS) is 11.5. The summed E-state index contributed by atoms with van der Waals surface area (Å²) in [6.45, 7) is 3.78. The van der Waals surface area contributed by atoms with Gasteiger partial charge in [-0.2, -0.15) is 13.2 Å². The van der Waals surface area contributed by atoms with Crippen molar-refractivity contribution in [3.63, 3.8) is 0 Å². The molecule has 0 fully saturated rings. The van der Waals surface area contributed by atoms with Gasteiger partial charge in [-0.15, -0.1) is 0 Å². The molecule has 5 heteroatoms. The Labute approximate surface area is 95.8 Å². The lowest BCUT2D eigenvalue weighted by Gasteiger charge is -2.08. The molecule has 0 unspecified atom stereocenters. The minimum Gasteiger partial charge on any atom is -0.345 e. The van der Waals surface area contributed by atoms with Gasteiger partial charge >= 0.3 is 6.18 Å². The number of nitrogens with one attached hydrogen (secondary N) is 1. The number of hydrogen-bond acceptors (Lipinski definition) is 1. The second-order valence-corrected chi connectivity index (χ2v) is 3.49. The highest BCUT2D eigenvalue weighted by Gasteiger charge is 2.30. The molecule has 0 radical (unpaired) electrons. The average Bonchev–Trinajstić information content (AvgIpc) is 2.80. The van der Waals surface area contributed by atoms with Crippen LogP contribution >= 0.6 is 0 Å². The highest BCUT2D eigenvalue weighted by molar-refractivity contribution is 5.74. The first-order chi connectivity index (χ1) is 7.98. The molecule has 2 rings (SSSR count). The van der Waals surface area contributed by atoms with Gasteiger partial charge in [0, 0.05) is 18.0 Å². The summed E-state index contributed by atoms with van der Waals surface area (Å²) in [4.78, 5) is 6.83. The fourth-order valence-electron chi connectivity index (χ4n) is 1.43. The third kappa shape index (κ3) is 2.38. The van der Waals surface area contributed by atoms with E-state index in [0.29, 0.717) is 17.0 Å². The Balaban J connectivity index is 2.28. The Kier molecular flexibility index (Phi) is 2.75. The molecule has 0 saturated heterocycles. The Morgan fingerprint density at radius 3 is 2.29 bits per heavy atom. The van der Waals surface area contributed by atoms with E-state index in [1.165, 1.54) is 12.1 Å². The number of nitrogens with zero attached hydrogens (tertiary/aromatic N) is 1. The Morgan fingerprint density at radius 2 is 1.82 bits per heavy atom. The molecule has 0 saturated carbocycles. The predicted octanol–water partition coefficient (Wildman–Crippen LogP) is 3.49. The number of imidazole rings is 1. The molecule has 0 bridgehead atoms. The molecule has 0 aliphatic heterocycles. The van der Waals surface area contributed by atoms with Crippen LogP contribution in [0, 0.1) is 0 Å². The van der Waals surface area contributed by atoms with Crippen LogP contribution in [0.15, 0.2) is 43.2 Å². The van der Waals surface area contributed by atoms with E-state index in [4.69, 9.17) is 0 Å². The van der Waals surface area contributed by atoms with Gasteiger partial charge in [-0.05, 0) is 17.7 Å². The van der Waals surface area contributed by atoms with E-state index >= 15 is 0 Å². The summed E-state index contributed by atoms with van der Waals surface area (Å²) in [6, 6.07) is 4.83. The van der Waals surface area contributed by atoms with Gasteiger partial charge in [0.2, 0.25) is 0 Å². The smallest absolute Gasteiger partial charge is 0.345 e. The van der Waals surface area contributed by atoms with Gasteiger partial charge in [-0.3, -0.25) is 0 Å². The second kappa shape index (κ2) is 4.08. The number of rotatable bonds is 2. The van der Waals surface area contributed by atoms with E-state index in [9.17, 15) is 13.2 Å². The van der Waals surface area contributed by atoms with Gasteiger partial charge in [-0.1, -0.05) is 18.7 Å². The molecule has 2 nitrogen and oxygen atoms in total. The van der Waals surface area contributed by atoms with Gasteiger partial charge in [0.05, 0.1) is 5.56 Å². The first-order valence-corrected chi connectivity index (χ1v) is 4.85. The Bertz CT molecular complexity index is 510. The zero-order valence-electron chi connectivity index (χ0n) is 8.75. The zero-order chi connectivity index (χ0) is 12.5. The molecule has 1 heterocycles. The molecule has 1 N–H and O–H groups in total. The topological polar surface area (TPSA) is 28.7 Å². The van der Waals surface area contributed by atoms with Crippen LogP contribution in [0.1, 0.15) is 17.0 Å². The maximum absolute atomic E-state index is 12.4. The largest absolute Gasteiger partial charge is 0.416 e. The molecule has 0 spiro atoms. The molecule has 1 aromatic carbocycles. The third-order valence-electron chi connectivity index (χ3n) is 2.34. The van der Waals surface area contributed by atoms with Crippen LogP contribution in [-0.2, 0) is 6.18 Å². The van der Waals surface area contributed by atoms with E-state index in [-0.39, 0.29) is 0 Å². The summed E-state index contributed by atoms with van der Waals surface area (Å²) in [5.74, 6) is 0.546. The van der Waals surface area contributed by atoms with E-state index in [2.05, 4.69) is 16.5 Å². The fourth-order valence-corrected chi connectivity index (χ4v) is 1.43. The minimum absolute atomic E-state index is 0.546. The van der Waals surface area contributed by atoms with E-state index in [0.717, 1.165) is 12.1 Å². The van der Waals surface area contributed by atoms with Crippen LogP contribution < -0.4 is 0 Å². The summed E-state index contributed by atoms with van der Waals surface area (Å²) in [5, 5.41) is 0. The number of aromatic nitrogens is 2. The maximum atomic E-state index is 12.4. The van der Waals surface area contributed by atoms with Crippen molar-refractivity contribution >= 4 is 5.57 Å². The number of aromatic amines is 1. The van der Waals surface area contributed by atoms with Crippen molar-refractivity contribution in [3.05, 3.63) is 60.2 Å². The average molecular weight is 238 g/mol. The lowest BCUT2D eigenvalue weighted by atomic mass is 10.0. The van der Waals surface area contributed by atoms with Crippen LogP contribution in [0.4, 0.5) is 13.2 Å². The van der Waals surface area contributed by atoms with Crippen LogP contribution in [0.3, 0.4) is 0 Å². The monoisotopic (exact) mass is 238 g/mol. The van der Waals surface area contributed by atoms with Crippen LogP contribution in [0.5, 0.6) is 0 Å². The van der Waals surface area contributed by atoms with Crippen molar-refractivity contribution < 1.29 is 13.2 Å². The van der Waals surface area contributed by atoms with Crippen LogP contribution in [0.2, 0.25) is 0 Å². The van der Waals surface area contributed by atoms with Crippen molar-refractivity contribution in [2.45, 2.75) is 6.18 Å². The van der Waals surface area contributed by atoms with E-state index < -0.39 is 11.7 Å². The molecule has 0 amide bonds. The Morgan fingerprint density at radius 1 is 1.18 bits per heavy atom. The summed E-state index contributed by atoms with van der Waals surface area (Å²) in [5.41, 5.74) is 0.491. The van der Waals surface area contributed by atoms with Gasteiger partial charge < -0.3 is 4.98 Å².